The minimum absolute atomic E-state index is 0. The van der Waals surface area contributed by atoms with Gasteiger partial charge in [-0.2, -0.15) is 0 Å². The van der Waals surface area contributed by atoms with Gasteiger partial charge in [0.2, 0.25) is 5.91 Å². The van der Waals surface area contributed by atoms with Gasteiger partial charge in [-0.1, -0.05) is 35.5 Å². The van der Waals surface area contributed by atoms with Crippen molar-refractivity contribution >= 4 is 30.2 Å². The highest BCUT2D eigenvalue weighted by molar-refractivity contribution is 5.85. The second-order valence-electron chi connectivity index (χ2n) is 7.18. The number of carbonyl (C=O) groups is 2. The number of hydrogen-bond donors (Lipinski definition) is 4. The molecule has 1 atom stereocenters. The SMILES string of the molecule is Cl.N=C(N)N1CCN(Cc2cn(CC(=O)N[C@H](CC(=O)O)c3ccccc3)nn2)CC1. The van der Waals surface area contributed by atoms with E-state index in [1.165, 1.54) is 4.68 Å². The summed E-state index contributed by atoms with van der Waals surface area (Å²) < 4.78 is 1.44. The Hall–Kier alpha value is -3.18. The average molecular weight is 451 g/mol. The molecule has 0 unspecified atom stereocenters. The monoisotopic (exact) mass is 450 g/mol. The smallest absolute Gasteiger partial charge is 0.305 e. The standard InChI is InChI=1S/C19H26N8O3.ClH/c20-19(21)26-8-6-25(7-9-26)11-15-12-27(24-23-15)13-17(28)22-16(10-18(29)30)14-4-2-1-3-5-14;/h1-5,12,16H,6-11,13H2,(H3,20,21)(H,22,28)(H,29,30);1H/t16-;/m1./s1. The molecule has 0 saturated carbocycles. The fraction of sp³-hybridized carbons (Fsp3) is 0.421. The van der Waals surface area contributed by atoms with Crippen LogP contribution in [-0.4, -0.2) is 73.9 Å². The van der Waals surface area contributed by atoms with E-state index in [1.54, 1.807) is 30.5 Å². The van der Waals surface area contributed by atoms with Crippen molar-refractivity contribution in [1.29, 1.82) is 5.41 Å². The van der Waals surface area contributed by atoms with Gasteiger partial charge in [-0.15, -0.1) is 17.5 Å². The lowest BCUT2D eigenvalue weighted by molar-refractivity contribution is -0.137. The molecule has 1 saturated heterocycles. The number of guanidine groups is 1. The number of carboxylic acids is 1. The number of aliphatic carboxylic acids is 1. The number of nitrogens with zero attached hydrogens (tertiary/aromatic N) is 5. The lowest BCUT2D eigenvalue weighted by Crippen LogP contribution is -2.50. The third-order valence-corrected chi connectivity index (χ3v) is 4.91. The maximum Gasteiger partial charge on any atom is 0.305 e. The third kappa shape index (κ3) is 7.23. The zero-order chi connectivity index (χ0) is 21.5. The van der Waals surface area contributed by atoms with E-state index < -0.39 is 12.0 Å². The van der Waals surface area contributed by atoms with Gasteiger partial charge in [-0.25, -0.2) is 4.68 Å². The van der Waals surface area contributed by atoms with E-state index in [0.717, 1.165) is 24.3 Å². The zero-order valence-electron chi connectivity index (χ0n) is 17.0. The molecule has 168 valence electrons. The number of rotatable bonds is 8. The Morgan fingerprint density at radius 3 is 2.48 bits per heavy atom. The van der Waals surface area contributed by atoms with E-state index >= 15 is 0 Å². The highest BCUT2D eigenvalue weighted by Gasteiger charge is 2.20. The summed E-state index contributed by atoms with van der Waals surface area (Å²) in [6.07, 6.45) is 1.51. The predicted molar refractivity (Wildman–Crippen MR) is 116 cm³/mol. The number of benzene rings is 1. The van der Waals surface area contributed by atoms with Gasteiger partial charge in [0.1, 0.15) is 6.54 Å². The van der Waals surface area contributed by atoms with Crippen molar-refractivity contribution in [2.24, 2.45) is 5.73 Å². The largest absolute Gasteiger partial charge is 0.481 e. The molecule has 1 aliphatic rings. The molecule has 2 aromatic rings. The van der Waals surface area contributed by atoms with E-state index in [4.69, 9.17) is 16.2 Å². The van der Waals surface area contributed by atoms with E-state index in [-0.39, 0.29) is 37.2 Å². The minimum atomic E-state index is -0.989. The first-order valence-electron chi connectivity index (χ1n) is 9.67. The van der Waals surface area contributed by atoms with Crippen molar-refractivity contribution in [3.05, 3.63) is 47.8 Å². The van der Waals surface area contributed by atoms with Gasteiger partial charge < -0.3 is 21.1 Å². The number of carbonyl (C=O) groups excluding carboxylic acids is 1. The second kappa shape index (κ2) is 11.3. The van der Waals surface area contributed by atoms with Crippen molar-refractivity contribution in [3.8, 4) is 0 Å². The summed E-state index contributed by atoms with van der Waals surface area (Å²) in [5.74, 6) is -1.24. The summed E-state index contributed by atoms with van der Waals surface area (Å²) in [5, 5.41) is 27.5. The van der Waals surface area contributed by atoms with Crippen LogP contribution in [0, 0.1) is 5.41 Å². The maximum absolute atomic E-state index is 12.4. The first-order chi connectivity index (χ1) is 14.4. The van der Waals surface area contributed by atoms with Crippen LogP contribution in [0.4, 0.5) is 0 Å². The lowest BCUT2D eigenvalue weighted by atomic mass is 10.0. The van der Waals surface area contributed by atoms with Gasteiger partial charge in [-0.3, -0.25) is 19.9 Å². The van der Waals surface area contributed by atoms with Crippen LogP contribution in [0.1, 0.15) is 23.7 Å². The number of carboxylic acid groups (broad SMARTS) is 1. The Kier molecular flexibility index (Phi) is 8.76. The molecule has 1 amide bonds. The number of piperazine rings is 1. The van der Waals surface area contributed by atoms with E-state index in [1.807, 2.05) is 11.0 Å². The van der Waals surface area contributed by atoms with Crippen molar-refractivity contribution in [2.45, 2.75) is 25.6 Å². The lowest BCUT2D eigenvalue weighted by Gasteiger charge is -2.34. The van der Waals surface area contributed by atoms with Crippen LogP contribution in [0.5, 0.6) is 0 Å². The Bertz CT molecular complexity index is 883. The van der Waals surface area contributed by atoms with Crippen molar-refractivity contribution in [3.63, 3.8) is 0 Å². The average Bonchev–Trinajstić information content (AvgIpc) is 3.14. The highest BCUT2D eigenvalue weighted by Crippen LogP contribution is 2.16. The summed E-state index contributed by atoms with van der Waals surface area (Å²) in [4.78, 5) is 27.6. The van der Waals surface area contributed by atoms with Crippen LogP contribution in [0.3, 0.4) is 0 Å². The third-order valence-electron chi connectivity index (χ3n) is 4.91. The Morgan fingerprint density at radius 2 is 1.87 bits per heavy atom. The Labute approximate surface area is 186 Å². The summed E-state index contributed by atoms with van der Waals surface area (Å²) in [6.45, 7) is 3.46. The van der Waals surface area contributed by atoms with Gasteiger partial charge in [0.25, 0.3) is 0 Å². The van der Waals surface area contributed by atoms with Crippen LogP contribution < -0.4 is 11.1 Å². The highest BCUT2D eigenvalue weighted by atomic mass is 35.5. The Morgan fingerprint density at radius 1 is 1.19 bits per heavy atom. The summed E-state index contributed by atoms with van der Waals surface area (Å²) in [5.41, 5.74) is 6.98. The maximum atomic E-state index is 12.4. The molecule has 1 aromatic carbocycles. The van der Waals surface area contributed by atoms with Gasteiger partial charge in [0, 0.05) is 32.7 Å². The normalized spacial score (nSPS) is 15.0. The van der Waals surface area contributed by atoms with Gasteiger partial charge in [0.15, 0.2) is 5.96 Å². The molecule has 0 aliphatic carbocycles. The number of amides is 1. The molecular weight excluding hydrogens is 424 g/mol. The molecular formula is C19H27ClN8O3. The van der Waals surface area contributed by atoms with Crippen molar-refractivity contribution in [1.82, 2.24) is 30.1 Å². The molecule has 2 heterocycles. The summed E-state index contributed by atoms with van der Waals surface area (Å²) >= 11 is 0. The topological polar surface area (TPSA) is 153 Å². The van der Waals surface area contributed by atoms with Crippen LogP contribution in [-0.2, 0) is 22.7 Å². The van der Waals surface area contributed by atoms with Gasteiger partial charge in [-0.05, 0) is 5.56 Å². The quantitative estimate of drug-likeness (QED) is 0.325. The van der Waals surface area contributed by atoms with Gasteiger partial charge in [0.05, 0.1) is 24.4 Å². The van der Waals surface area contributed by atoms with Crippen LogP contribution in [0.15, 0.2) is 36.5 Å². The molecule has 5 N–H and O–H groups in total. The van der Waals surface area contributed by atoms with Crippen LogP contribution in [0.25, 0.3) is 0 Å². The van der Waals surface area contributed by atoms with Crippen molar-refractivity contribution in [2.75, 3.05) is 26.2 Å². The molecule has 1 fully saturated rings. The number of hydrogen-bond acceptors (Lipinski definition) is 6. The summed E-state index contributed by atoms with van der Waals surface area (Å²) in [6, 6.07) is 8.39. The fourth-order valence-corrected chi connectivity index (χ4v) is 3.36. The van der Waals surface area contributed by atoms with Crippen molar-refractivity contribution < 1.29 is 14.7 Å². The molecule has 1 aliphatic heterocycles. The van der Waals surface area contributed by atoms with E-state index in [9.17, 15) is 9.59 Å². The molecule has 0 radical (unpaired) electrons. The predicted octanol–water partition coefficient (Wildman–Crippen LogP) is 0.0432. The number of aromatic nitrogens is 3. The number of nitrogens with one attached hydrogen (secondary N) is 2. The fourth-order valence-electron chi connectivity index (χ4n) is 3.36. The number of halogens is 1. The first-order valence-corrected chi connectivity index (χ1v) is 9.67. The van der Waals surface area contributed by atoms with Crippen LogP contribution >= 0.6 is 12.4 Å². The van der Waals surface area contributed by atoms with Gasteiger partial charge >= 0.3 is 5.97 Å². The Balaban J connectivity index is 0.00000341. The molecule has 3 rings (SSSR count). The molecule has 11 nitrogen and oxygen atoms in total. The van der Waals surface area contributed by atoms with Crippen LogP contribution in [0.2, 0.25) is 0 Å². The first kappa shape index (κ1) is 24.1. The molecule has 0 spiro atoms. The summed E-state index contributed by atoms with van der Waals surface area (Å²) in [7, 11) is 0. The molecule has 0 bridgehead atoms. The molecule has 12 heteroatoms. The number of nitrogens with two attached hydrogens (primary N) is 1. The molecule has 1 aromatic heterocycles. The van der Waals surface area contributed by atoms with E-state index in [2.05, 4.69) is 20.5 Å². The minimum Gasteiger partial charge on any atom is -0.481 e. The second-order valence-corrected chi connectivity index (χ2v) is 7.18. The van der Waals surface area contributed by atoms with E-state index in [0.29, 0.717) is 19.6 Å². The molecule has 31 heavy (non-hydrogen) atoms. The zero-order valence-corrected chi connectivity index (χ0v) is 17.8.